The zero-order valence-corrected chi connectivity index (χ0v) is 18.5. The largest absolute Gasteiger partial charge is 0.490 e. The highest BCUT2D eigenvalue weighted by molar-refractivity contribution is 6.06. The summed E-state index contributed by atoms with van der Waals surface area (Å²) in [6, 6.07) is 7.77. The van der Waals surface area contributed by atoms with E-state index >= 15 is 0 Å². The van der Waals surface area contributed by atoms with Crippen molar-refractivity contribution in [1.29, 1.82) is 0 Å². The number of aromatic nitrogens is 3. The Balaban J connectivity index is 1.45. The zero-order chi connectivity index (χ0) is 22.7. The molecule has 1 aromatic carbocycles. The minimum Gasteiger partial charge on any atom is -0.490 e. The number of carboxylic acid groups (broad SMARTS) is 1. The van der Waals surface area contributed by atoms with Gasteiger partial charge in [0.1, 0.15) is 11.3 Å². The summed E-state index contributed by atoms with van der Waals surface area (Å²) < 4.78 is 6.30. The fraction of sp³-hybridized carbons (Fsp3) is 0.417. The van der Waals surface area contributed by atoms with Crippen LogP contribution in [0.1, 0.15) is 60.8 Å². The summed E-state index contributed by atoms with van der Waals surface area (Å²) >= 11 is 0. The van der Waals surface area contributed by atoms with E-state index in [0.29, 0.717) is 34.3 Å². The van der Waals surface area contributed by atoms with Crippen LogP contribution in [0.25, 0.3) is 10.9 Å². The van der Waals surface area contributed by atoms with Crippen molar-refractivity contribution in [3.63, 3.8) is 0 Å². The lowest BCUT2D eigenvalue weighted by Crippen LogP contribution is -2.32. The number of ether oxygens (including phenoxy) is 1. The van der Waals surface area contributed by atoms with Gasteiger partial charge < -0.3 is 20.9 Å². The molecule has 0 aliphatic heterocycles. The number of nitrogens with one attached hydrogen (secondary N) is 1. The van der Waals surface area contributed by atoms with Crippen LogP contribution in [0.5, 0.6) is 5.75 Å². The van der Waals surface area contributed by atoms with E-state index in [1.165, 1.54) is 0 Å². The molecule has 0 saturated heterocycles. The Kier molecular flexibility index (Phi) is 6.39. The Morgan fingerprint density at radius 2 is 2.00 bits per heavy atom. The number of carboxylic acids is 1. The lowest BCUT2D eigenvalue weighted by atomic mass is 9.93. The Morgan fingerprint density at radius 1 is 1.22 bits per heavy atom. The van der Waals surface area contributed by atoms with Crippen molar-refractivity contribution in [2.45, 2.75) is 64.5 Å². The highest BCUT2D eigenvalue weighted by atomic mass is 16.5. The van der Waals surface area contributed by atoms with Crippen molar-refractivity contribution in [3.8, 4) is 5.75 Å². The van der Waals surface area contributed by atoms with E-state index in [-0.39, 0.29) is 17.4 Å². The van der Waals surface area contributed by atoms with Crippen LogP contribution in [0.4, 0.5) is 11.6 Å². The molecule has 1 fully saturated rings. The predicted molar refractivity (Wildman–Crippen MR) is 124 cm³/mol. The molecular formula is C24H29N5O3. The number of nitrogens with two attached hydrogens (primary N) is 1. The summed E-state index contributed by atoms with van der Waals surface area (Å²) in [6.45, 7) is 3.79. The van der Waals surface area contributed by atoms with E-state index in [9.17, 15) is 9.90 Å². The number of aryl methyl sites for hydroxylation is 2. The summed E-state index contributed by atoms with van der Waals surface area (Å²) in [5, 5.41) is 13.6. The minimum atomic E-state index is -1.08. The Morgan fingerprint density at radius 3 is 2.72 bits per heavy atom. The molecule has 0 bridgehead atoms. The second-order valence-electron chi connectivity index (χ2n) is 8.30. The smallest absolute Gasteiger partial charge is 0.339 e. The quantitative estimate of drug-likeness (QED) is 0.500. The minimum absolute atomic E-state index is 0.0278. The fourth-order valence-electron chi connectivity index (χ4n) is 4.36. The van der Waals surface area contributed by atoms with Crippen molar-refractivity contribution in [2.75, 3.05) is 11.1 Å². The predicted octanol–water partition coefficient (Wildman–Crippen LogP) is 4.37. The first kappa shape index (κ1) is 21.8. The van der Waals surface area contributed by atoms with Crippen LogP contribution in [-0.2, 0) is 6.42 Å². The summed E-state index contributed by atoms with van der Waals surface area (Å²) in [7, 11) is 0. The number of hydrogen-bond donors (Lipinski definition) is 3. The number of pyridine rings is 1. The molecule has 0 amide bonds. The molecule has 4 N–H and O–H groups in total. The van der Waals surface area contributed by atoms with Crippen LogP contribution in [0, 0.1) is 6.92 Å². The van der Waals surface area contributed by atoms with Crippen LogP contribution in [-0.4, -0.2) is 38.2 Å². The standard InChI is InChI=1S/C24H29N5O3/c1-3-5-15-12-13-26-24(28-15)29-16-8-10-17(11-9-16)32-19-7-4-6-18-21(19)22(25)20(23(30)31)14(2)27-18/h4,6-7,12-13,16-17H,3,5,8-11H2,1-2H3,(H2,25,27)(H,30,31)(H,26,28,29)/t16-,17-. The van der Waals surface area contributed by atoms with E-state index in [4.69, 9.17) is 10.5 Å². The van der Waals surface area contributed by atoms with Crippen LogP contribution >= 0.6 is 0 Å². The number of carbonyl (C=O) groups is 1. The van der Waals surface area contributed by atoms with Gasteiger partial charge in [-0.15, -0.1) is 0 Å². The topological polar surface area (TPSA) is 123 Å². The van der Waals surface area contributed by atoms with Gasteiger partial charge in [-0.25, -0.2) is 14.8 Å². The molecule has 8 heteroatoms. The van der Waals surface area contributed by atoms with Gasteiger partial charge >= 0.3 is 5.97 Å². The first-order chi connectivity index (χ1) is 15.5. The molecule has 3 aromatic rings. The highest BCUT2D eigenvalue weighted by Crippen LogP contribution is 2.35. The van der Waals surface area contributed by atoms with Gasteiger partial charge in [0.05, 0.1) is 28.4 Å². The molecule has 1 aliphatic rings. The van der Waals surface area contributed by atoms with Gasteiger partial charge in [-0.3, -0.25) is 4.98 Å². The lowest BCUT2D eigenvalue weighted by Gasteiger charge is -2.30. The lowest BCUT2D eigenvalue weighted by molar-refractivity contribution is 0.0697. The maximum Gasteiger partial charge on any atom is 0.339 e. The zero-order valence-electron chi connectivity index (χ0n) is 18.5. The summed E-state index contributed by atoms with van der Waals surface area (Å²) in [6.07, 6.45) is 7.45. The van der Waals surface area contributed by atoms with Gasteiger partial charge in [-0.05, 0) is 57.2 Å². The number of nitrogens with zero attached hydrogens (tertiary/aromatic N) is 3. The fourth-order valence-corrected chi connectivity index (χ4v) is 4.36. The first-order valence-electron chi connectivity index (χ1n) is 11.1. The maximum absolute atomic E-state index is 11.7. The molecule has 1 saturated carbocycles. The average molecular weight is 436 g/mol. The van der Waals surface area contributed by atoms with Crippen LogP contribution < -0.4 is 15.8 Å². The summed E-state index contributed by atoms with van der Waals surface area (Å²) in [5.74, 6) is 0.188. The number of anilines is 2. The van der Waals surface area contributed by atoms with Gasteiger partial charge in [0.2, 0.25) is 5.95 Å². The molecule has 168 valence electrons. The summed E-state index contributed by atoms with van der Waals surface area (Å²) in [5.41, 5.74) is 8.58. The van der Waals surface area contributed by atoms with Crippen molar-refractivity contribution < 1.29 is 14.6 Å². The van der Waals surface area contributed by atoms with E-state index in [0.717, 1.165) is 44.2 Å². The molecule has 32 heavy (non-hydrogen) atoms. The molecular weight excluding hydrogens is 406 g/mol. The molecule has 1 aliphatic carbocycles. The maximum atomic E-state index is 11.7. The Hall–Kier alpha value is -3.42. The summed E-state index contributed by atoms with van der Waals surface area (Å²) in [4.78, 5) is 25.0. The molecule has 0 spiro atoms. The number of hydrogen-bond acceptors (Lipinski definition) is 7. The van der Waals surface area contributed by atoms with Crippen molar-refractivity contribution in [2.24, 2.45) is 0 Å². The molecule has 2 heterocycles. The van der Waals surface area contributed by atoms with Crippen molar-refractivity contribution in [1.82, 2.24) is 15.0 Å². The van der Waals surface area contributed by atoms with Gasteiger partial charge in [0.25, 0.3) is 0 Å². The van der Waals surface area contributed by atoms with Crippen molar-refractivity contribution in [3.05, 3.63) is 47.4 Å². The third kappa shape index (κ3) is 4.59. The Bertz CT molecular complexity index is 1130. The van der Waals surface area contributed by atoms with Crippen LogP contribution in [0.15, 0.2) is 30.5 Å². The van der Waals surface area contributed by atoms with Gasteiger partial charge in [-0.1, -0.05) is 19.4 Å². The number of rotatable bonds is 7. The average Bonchev–Trinajstić information content (AvgIpc) is 2.75. The number of aromatic carboxylic acids is 1. The number of benzene rings is 1. The van der Waals surface area contributed by atoms with Crippen LogP contribution in [0.2, 0.25) is 0 Å². The molecule has 4 rings (SSSR count). The third-order valence-electron chi connectivity index (χ3n) is 5.93. The van der Waals surface area contributed by atoms with E-state index in [2.05, 4.69) is 27.2 Å². The van der Waals surface area contributed by atoms with Gasteiger partial charge in [0.15, 0.2) is 0 Å². The molecule has 8 nitrogen and oxygen atoms in total. The van der Waals surface area contributed by atoms with E-state index in [1.54, 1.807) is 13.1 Å². The van der Waals surface area contributed by atoms with E-state index in [1.807, 2.05) is 24.3 Å². The normalized spacial score (nSPS) is 18.4. The molecule has 0 atom stereocenters. The monoisotopic (exact) mass is 435 g/mol. The second-order valence-corrected chi connectivity index (χ2v) is 8.30. The van der Waals surface area contributed by atoms with Gasteiger partial charge in [-0.2, -0.15) is 0 Å². The van der Waals surface area contributed by atoms with Gasteiger partial charge in [0, 0.05) is 17.9 Å². The number of nitrogen functional groups attached to an aromatic ring is 1. The molecule has 0 radical (unpaired) electrons. The molecule has 0 unspecified atom stereocenters. The second kappa shape index (κ2) is 9.38. The van der Waals surface area contributed by atoms with Crippen molar-refractivity contribution >= 4 is 28.5 Å². The van der Waals surface area contributed by atoms with E-state index < -0.39 is 5.97 Å². The highest BCUT2D eigenvalue weighted by Gasteiger charge is 2.25. The third-order valence-corrected chi connectivity index (χ3v) is 5.93. The first-order valence-corrected chi connectivity index (χ1v) is 11.1. The number of fused-ring (bicyclic) bond motifs is 1. The van der Waals surface area contributed by atoms with Crippen LogP contribution in [0.3, 0.4) is 0 Å². The SMILES string of the molecule is CCCc1ccnc(N[C@H]2CC[C@H](Oc3cccc4nc(C)c(C(=O)O)c(N)c34)CC2)n1. The Labute approximate surface area is 187 Å². The molecule has 2 aromatic heterocycles.